The Bertz CT molecular complexity index is 975. The summed E-state index contributed by atoms with van der Waals surface area (Å²) in [5.74, 6) is -0.289. The lowest BCUT2D eigenvalue weighted by molar-refractivity contribution is -0.125. The Kier molecular flexibility index (Phi) is 5.39. The van der Waals surface area contributed by atoms with Crippen molar-refractivity contribution in [3.63, 3.8) is 0 Å². The van der Waals surface area contributed by atoms with Crippen LogP contribution in [-0.4, -0.2) is 40.2 Å². The number of carbonyl (C=O) groups excluding carboxylic acids is 2. The fourth-order valence-corrected chi connectivity index (χ4v) is 3.47. The average molecular weight is 389 g/mol. The number of hydrogen-bond donors (Lipinski definition) is 1. The summed E-state index contributed by atoms with van der Waals surface area (Å²) < 4.78 is 1.84. The molecule has 0 atom stereocenters. The van der Waals surface area contributed by atoms with Crippen molar-refractivity contribution < 1.29 is 9.59 Å². The van der Waals surface area contributed by atoms with Gasteiger partial charge in [0.2, 0.25) is 5.91 Å². The summed E-state index contributed by atoms with van der Waals surface area (Å²) in [5, 5.41) is 4.85. The number of nitrogens with zero attached hydrogens (tertiary/aromatic N) is 3. The molecule has 134 valence electrons. The number of carbonyl (C=O) groups is 2. The molecule has 0 fully saturated rings. The van der Waals surface area contributed by atoms with E-state index in [-0.39, 0.29) is 11.8 Å². The average Bonchev–Trinajstić information content (AvgIpc) is 3.20. The van der Waals surface area contributed by atoms with Crippen molar-refractivity contribution in [2.75, 3.05) is 14.1 Å². The van der Waals surface area contributed by atoms with Crippen LogP contribution in [0.3, 0.4) is 0 Å². The van der Waals surface area contributed by atoms with Gasteiger partial charge in [0.25, 0.3) is 5.91 Å². The second-order valence-electron chi connectivity index (χ2n) is 5.65. The highest BCUT2D eigenvalue weighted by molar-refractivity contribution is 7.15. The SMILES string of the molecule is CNC(=O)c1ccc(CN(C)C(=O)/C=C/c2c(Cl)nc3sccn23)cc1. The van der Waals surface area contributed by atoms with Crippen LogP contribution in [0.2, 0.25) is 5.15 Å². The van der Waals surface area contributed by atoms with Gasteiger partial charge < -0.3 is 10.2 Å². The van der Waals surface area contributed by atoms with Crippen LogP contribution in [0.25, 0.3) is 11.0 Å². The largest absolute Gasteiger partial charge is 0.355 e. The quantitative estimate of drug-likeness (QED) is 0.683. The summed E-state index contributed by atoms with van der Waals surface area (Å²) in [4.78, 5) is 30.5. The van der Waals surface area contributed by atoms with Crippen LogP contribution in [0.4, 0.5) is 0 Å². The molecule has 2 heterocycles. The van der Waals surface area contributed by atoms with Gasteiger partial charge in [0.05, 0.1) is 5.69 Å². The lowest BCUT2D eigenvalue weighted by atomic mass is 10.1. The second kappa shape index (κ2) is 7.72. The smallest absolute Gasteiger partial charge is 0.251 e. The van der Waals surface area contributed by atoms with Crippen LogP contribution in [0.5, 0.6) is 0 Å². The highest BCUT2D eigenvalue weighted by Gasteiger charge is 2.11. The highest BCUT2D eigenvalue weighted by Crippen LogP contribution is 2.22. The first-order chi connectivity index (χ1) is 12.5. The molecule has 8 heteroatoms. The fourth-order valence-electron chi connectivity index (χ4n) is 2.46. The molecule has 3 aromatic rings. The van der Waals surface area contributed by atoms with Gasteiger partial charge in [-0.05, 0) is 23.8 Å². The Hall–Kier alpha value is -2.64. The minimum Gasteiger partial charge on any atom is -0.355 e. The number of halogens is 1. The number of aromatic nitrogens is 2. The number of benzene rings is 1. The van der Waals surface area contributed by atoms with Crippen LogP contribution in [0, 0.1) is 0 Å². The summed E-state index contributed by atoms with van der Waals surface area (Å²) in [5.41, 5.74) is 2.20. The number of nitrogens with one attached hydrogen (secondary N) is 1. The van der Waals surface area contributed by atoms with E-state index in [4.69, 9.17) is 11.6 Å². The van der Waals surface area contributed by atoms with Crippen LogP contribution in [0.15, 0.2) is 41.9 Å². The van der Waals surface area contributed by atoms with Crippen molar-refractivity contribution in [3.8, 4) is 0 Å². The van der Waals surface area contributed by atoms with Gasteiger partial charge in [0.15, 0.2) is 10.1 Å². The van der Waals surface area contributed by atoms with E-state index in [2.05, 4.69) is 10.3 Å². The molecule has 0 aliphatic carbocycles. The van der Waals surface area contributed by atoms with Gasteiger partial charge in [0, 0.05) is 43.9 Å². The zero-order valence-corrected chi connectivity index (χ0v) is 15.8. The summed E-state index contributed by atoms with van der Waals surface area (Å²) in [6.45, 7) is 0.436. The van der Waals surface area contributed by atoms with E-state index in [9.17, 15) is 9.59 Å². The molecule has 2 amide bonds. The molecule has 0 saturated carbocycles. The third-order valence-electron chi connectivity index (χ3n) is 3.88. The lowest BCUT2D eigenvalue weighted by Gasteiger charge is -2.15. The maximum atomic E-state index is 12.4. The van der Waals surface area contributed by atoms with E-state index in [1.54, 1.807) is 37.2 Å². The van der Waals surface area contributed by atoms with Crippen molar-refractivity contribution in [1.29, 1.82) is 0 Å². The molecule has 0 aliphatic rings. The van der Waals surface area contributed by atoms with E-state index < -0.39 is 0 Å². The Morgan fingerprint density at radius 1 is 1.35 bits per heavy atom. The summed E-state index contributed by atoms with van der Waals surface area (Å²) in [6.07, 6.45) is 5.01. The van der Waals surface area contributed by atoms with Crippen molar-refractivity contribution in [3.05, 3.63) is 63.9 Å². The van der Waals surface area contributed by atoms with E-state index in [1.807, 2.05) is 28.1 Å². The first kappa shape index (κ1) is 18.2. The number of thiazole rings is 1. The lowest BCUT2D eigenvalue weighted by Crippen LogP contribution is -2.24. The molecule has 0 radical (unpaired) electrons. The van der Waals surface area contributed by atoms with Crippen LogP contribution in [0.1, 0.15) is 21.6 Å². The Morgan fingerprint density at radius 2 is 2.08 bits per heavy atom. The predicted octanol–water partition coefficient (Wildman–Crippen LogP) is 3.08. The number of amides is 2. The molecule has 26 heavy (non-hydrogen) atoms. The Morgan fingerprint density at radius 3 is 2.77 bits per heavy atom. The molecular formula is C18H17ClN4O2S. The van der Waals surface area contributed by atoms with Crippen LogP contribution >= 0.6 is 22.9 Å². The van der Waals surface area contributed by atoms with E-state index in [0.717, 1.165) is 10.5 Å². The zero-order valence-electron chi connectivity index (χ0n) is 14.3. The molecular weight excluding hydrogens is 372 g/mol. The van der Waals surface area contributed by atoms with Crippen molar-refractivity contribution in [2.45, 2.75) is 6.54 Å². The zero-order chi connectivity index (χ0) is 18.7. The summed E-state index contributed by atoms with van der Waals surface area (Å²) in [7, 11) is 3.31. The van der Waals surface area contributed by atoms with Crippen LogP contribution < -0.4 is 5.32 Å². The fraction of sp³-hybridized carbons (Fsp3) is 0.167. The third-order valence-corrected chi connectivity index (χ3v) is 4.91. The van der Waals surface area contributed by atoms with Crippen molar-refractivity contribution >= 4 is 45.8 Å². The normalized spacial score (nSPS) is 11.2. The monoisotopic (exact) mass is 388 g/mol. The molecule has 2 aromatic heterocycles. The minimum atomic E-state index is -0.151. The number of rotatable bonds is 5. The second-order valence-corrected chi connectivity index (χ2v) is 6.88. The molecule has 0 spiro atoms. The molecule has 1 aromatic carbocycles. The van der Waals surface area contributed by atoms with Gasteiger partial charge in [-0.1, -0.05) is 23.7 Å². The standard InChI is InChI=1S/C18H17ClN4O2S/c1-20-17(25)13-5-3-12(4-6-13)11-22(2)15(24)8-7-14-16(19)21-18-23(14)9-10-26-18/h3-10H,11H2,1-2H3,(H,20,25)/b8-7+. The third kappa shape index (κ3) is 3.79. The van der Waals surface area contributed by atoms with Gasteiger partial charge in [-0.15, -0.1) is 11.3 Å². The van der Waals surface area contributed by atoms with E-state index in [1.165, 1.54) is 17.4 Å². The molecule has 3 rings (SSSR count). The molecule has 0 unspecified atom stereocenters. The number of fused-ring (bicyclic) bond motifs is 1. The Labute approximate surface area is 159 Å². The van der Waals surface area contributed by atoms with Gasteiger partial charge in [0.1, 0.15) is 0 Å². The summed E-state index contributed by atoms with van der Waals surface area (Å²) in [6, 6.07) is 7.14. The maximum absolute atomic E-state index is 12.4. The van der Waals surface area contributed by atoms with Gasteiger partial charge in [-0.3, -0.25) is 14.0 Å². The minimum absolute atomic E-state index is 0.138. The van der Waals surface area contributed by atoms with Crippen molar-refractivity contribution in [1.82, 2.24) is 19.6 Å². The van der Waals surface area contributed by atoms with E-state index >= 15 is 0 Å². The van der Waals surface area contributed by atoms with Crippen LogP contribution in [-0.2, 0) is 11.3 Å². The first-order valence-corrected chi connectivity index (χ1v) is 9.10. The first-order valence-electron chi connectivity index (χ1n) is 7.85. The molecule has 6 nitrogen and oxygen atoms in total. The summed E-state index contributed by atoms with van der Waals surface area (Å²) >= 11 is 7.60. The molecule has 0 aliphatic heterocycles. The molecule has 0 bridgehead atoms. The van der Waals surface area contributed by atoms with Crippen molar-refractivity contribution in [2.24, 2.45) is 0 Å². The highest BCUT2D eigenvalue weighted by atomic mass is 35.5. The predicted molar refractivity (Wildman–Crippen MR) is 103 cm³/mol. The number of hydrogen-bond acceptors (Lipinski definition) is 4. The maximum Gasteiger partial charge on any atom is 0.251 e. The number of imidazole rings is 1. The topological polar surface area (TPSA) is 66.7 Å². The van der Waals surface area contributed by atoms with Gasteiger partial charge in [-0.2, -0.15) is 0 Å². The molecule has 1 N–H and O–H groups in total. The number of likely N-dealkylation sites (N-methyl/N-ethyl adjacent to an activating group) is 1. The van der Waals surface area contributed by atoms with Gasteiger partial charge >= 0.3 is 0 Å². The van der Waals surface area contributed by atoms with E-state index in [0.29, 0.717) is 23.0 Å². The van der Waals surface area contributed by atoms with Gasteiger partial charge in [-0.25, -0.2) is 4.98 Å². The molecule has 0 saturated heterocycles. The Balaban J connectivity index is 1.67.